The lowest BCUT2D eigenvalue weighted by atomic mass is 10.1. The zero-order valence-corrected chi connectivity index (χ0v) is 11.8. The van der Waals surface area contributed by atoms with Crippen molar-refractivity contribution in [1.29, 1.82) is 0 Å². The monoisotopic (exact) mass is 259 g/mol. The van der Waals surface area contributed by atoms with E-state index < -0.39 is 0 Å². The Kier molecular flexibility index (Phi) is 4.27. The minimum Gasteiger partial charge on any atom is -0.328 e. The van der Waals surface area contributed by atoms with Crippen LogP contribution in [-0.2, 0) is 19.3 Å². The van der Waals surface area contributed by atoms with Crippen LogP contribution in [0.15, 0.2) is 18.5 Å². The zero-order chi connectivity index (χ0) is 13.8. The Labute approximate surface area is 113 Å². The van der Waals surface area contributed by atoms with Crippen molar-refractivity contribution in [1.82, 2.24) is 19.7 Å². The number of aromatic nitrogens is 4. The van der Waals surface area contributed by atoms with Crippen molar-refractivity contribution in [3.05, 3.63) is 35.4 Å². The van der Waals surface area contributed by atoms with Crippen LogP contribution in [0.1, 0.15) is 37.7 Å². The van der Waals surface area contributed by atoms with Crippen LogP contribution >= 0.6 is 0 Å². The third-order valence-corrected chi connectivity index (χ3v) is 3.00. The fourth-order valence-corrected chi connectivity index (χ4v) is 2.01. The Morgan fingerprint density at radius 1 is 1.21 bits per heavy atom. The lowest BCUT2D eigenvalue weighted by Gasteiger charge is -2.06. The standard InChI is InChI=1S/C14H21N5/c1-4-12-7-13(5-2)19(18-12)14-16-8-11(9-17-14)6-10(3)15/h7-10H,4-6,15H2,1-3H3. The van der Waals surface area contributed by atoms with Gasteiger partial charge in [-0.15, -0.1) is 0 Å². The van der Waals surface area contributed by atoms with Crippen LogP contribution in [0.3, 0.4) is 0 Å². The smallest absolute Gasteiger partial charge is 0.250 e. The maximum Gasteiger partial charge on any atom is 0.250 e. The molecule has 5 nitrogen and oxygen atoms in total. The first kappa shape index (κ1) is 13.7. The van der Waals surface area contributed by atoms with Crippen LogP contribution in [-0.4, -0.2) is 25.8 Å². The molecule has 2 aromatic rings. The number of hydrogen-bond acceptors (Lipinski definition) is 4. The minimum atomic E-state index is 0.122. The normalized spacial score (nSPS) is 12.6. The van der Waals surface area contributed by atoms with Crippen molar-refractivity contribution >= 4 is 0 Å². The van der Waals surface area contributed by atoms with Crippen molar-refractivity contribution in [3.8, 4) is 5.95 Å². The summed E-state index contributed by atoms with van der Waals surface area (Å²) in [7, 11) is 0. The summed E-state index contributed by atoms with van der Waals surface area (Å²) in [4.78, 5) is 8.78. The number of rotatable bonds is 5. The molecule has 0 bridgehead atoms. The zero-order valence-electron chi connectivity index (χ0n) is 11.8. The predicted molar refractivity (Wildman–Crippen MR) is 75.3 cm³/mol. The first-order valence-electron chi connectivity index (χ1n) is 6.78. The second-order valence-corrected chi connectivity index (χ2v) is 4.82. The number of nitrogens with zero attached hydrogens (tertiary/aromatic N) is 4. The molecule has 1 unspecified atom stereocenters. The molecule has 0 saturated heterocycles. The van der Waals surface area contributed by atoms with Crippen LogP contribution in [0.4, 0.5) is 0 Å². The van der Waals surface area contributed by atoms with E-state index in [0.29, 0.717) is 5.95 Å². The maximum atomic E-state index is 5.77. The van der Waals surface area contributed by atoms with Crippen LogP contribution in [0.25, 0.3) is 5.95 Å². The molecular formula is C14H21N5. The summed E-state index contributed by atoms with van der Waals surface area (Å²) in [6, 6.07) is 2.23. The molecule has 0 aliphatic carbocycles. The first-order valence-corrected chi connectivity index (χ1v) is 6.78. The van der Waals surface area contributed by atoms with E-state index in [1.54, 1.807) is 0 Å². The van der Waals surface area contributed by atoms with Crippen LogP contribution in [0, 0.1) is 0 Å². The Bertz CT molecular complexity index is 527. The molecule has 2 N–H and O–H groups in total. The van der Waals surface area contributed by atoms with Gasteiger partial charge in [0.2, 0.25) is 0 Å². The van der Waals surface area contributed by atoms with Gasteiger partial charge in [0.1, 0.15) is 0 Å². The van der Waals surface area contributed by atoms with Crippen LogP contribution in [0.2, 0.25) is 0 Å². The van der Waals surface area contributed by atoms with Gasteiger partial charge in [0.25, 0.3) is 5.95 Å². The van der Waals surface area contributed by atoms with E-state index in [-0.39, 0.29) is 6.04 Å². The molecule has 5 heteroatoms. The molecule has 2 aromatic heterocycles. The third-order valence-electron chi connectivity index (χ3n) is 3.00. The van der Waals surface area contributed by atoms with Gasteiger partial charge in [-0.3, -0.25) is 0 Å². The Morgan fingerprint density at radius 2 is 1.89 bits per heavy atom. The molecule has 2 heterocycles. The fraction of sp³-hybridized carbons (Fsp3) is 0.500. The third kappa shape index (κ3) is 3.17. The summed E-state index contributed by atoms with van der Waals surface area (Å²) in [6.45, 7) is 6.18. The van der Waals surface area contributed by atoms with Gasteiger partial charge in [0.15, 0.2) is 0 Å². The van der Waals surface area contributed by atoms with Gasteiger partial charge < -0.3 is 5.73 Å². The van der Waals surface area contributed by atoms with E-state index in [1.165, 1.54) is 0 Å². The van der Waals surface area contributed by atoms with Crippen molar-refractivity contribution in [2.75, 3.05) is 0 Å². The highest BCUT2D eigenvalue weighted by Crippen LogP contribution is 2.11. The highest BCUT2D eigenvalue weighted by atomic mass is 15.4. The lowest BCUT2D eigenvalue weighted by Crippen LogP contribution is -2.18. The van der Waals surface area contributed by atoms with Gasteiger partial charge in [-0.25, -0.2) is 14.6 Å². The Morgan fingerprint density at radius 3 is 2.42 bits per heavy atom. The average molecular weight is 259 g/mol. The van der Waals surface area contributed by atoms with E-state index >= 15 is 0 Å². The van der Waals surface area contributed by atoms with Gasteiger partial charge >= 0.3 is 0 Å². The molecule has 0 aliphatic heterocycles. The van der Waals surface area contributed by atoms with E-state index in [1.807, 2.05) is 24.0 Å². The fourth-order valence-electron chi connectivity index (χ4n) is 2.01. The summed E-state index contributed by atoms with van der Waals surface area (Å²) in [5, 5.41) is 4.53. The molecule has 0 radical (unpaired) electrons. The van der Waals surface area contributed by atoms with Crippen LogP contribution < -0.4 is 5.73 Å². The first-order chi connectivity index (χ1) is 9.13. The SMILES string of the molecule is CCc1cc(CC)n(-c2ncc(CC(C)N)cn2)n1. The second-order valence-electron chi connectivity index (χ2n) is 4.82. The summed E-state index contributed by atoms with van der Waals surface area (Å²) >= 11 is 0. The molecule has 0 spiro atoms. The van der Waals surface area contributed by atoms with E-state index in [0.717, 1.165) is 36.2 Å². The molecule has 0 fully saturated rings. The quantitative estimate of drug-likeness (QED) is 0.887. The van der Waals surface area contributed by atoms with Gasteiger partial charge in [0, 0.05) is 24.1 Å². The van der Waals surface area contributed by atoms with Crippen molar-refractivity contribution in [2.45, 2.75) is 46.1 Å². The van der Waals surface area contributed by atoms with Crippen molar-refractivity contribution in [2.24, 2.45) is 5.73 Å². The minimum absolute atomic E-state index is 0.122. The summed E-state index contributed by atoms with van der Waals surface area (Å²) < 4.78 is 1.83. The van der Waals surface area contributed by atoms with Gasteiger partial charge in [0.05, 0.1) is 5.69 Å². The summed E-state index contributed by atoms with van der Waals surface area (Å²) in [5.74, 6) is 0.630. The average Bonchev–Trinajstić information content (AvgIpc) is 2.82. The van der Waals surface area contributed by atoms with E-state index in [2.05, 4.69) is 35.0 Å². The number of nitrogens with two attached hydrogens (primary N) is 1. The molecule has 0 amide bonds. The predicted octanol–water partition coefficient (Wildman–Crippen LogP) is 1.68. The van der Waals surface area contributed by atoms with Crippen molar-refractivity contribution in [3.63, 3.8) is 0 Å². The van der Waals surface area contributed by atoms with Crippen molar-refractivity contribution < 1.29 is 0 Å². The Balaban J connectivity index is 2.28. The molecular weight excluding hydrogens is 238 g/mol. The van der Waals surface area contributed by atoms with E-state index in [4.69, 9.17) is 5.73 Å². The molecule has 0 saturated carbocycles. The molecule has 0 aliphatic rings. The second kappa shape index (κ2) is 5.93. The number of hydrogen-bond donors (Lipinski definition) is 1. The summed E-state index contributed by atoms with van der Waals surface area (Å²) in [5.41, 5.74) is 9.03. The largest absolute Gasteiger partial charge is 0.328 e. The maximum absolute atomic E-state index is 5.77. The van der Waals surface area contributed by atoms with E-state index in [9.17, 15) is 0 Å². The molecule has 0 aromatic carbocycles. The highest BCUT2D eigenvalue weighted by molar-refractivity contribution is 5.21. The topological polar surface area (TPSA) is 69.6 Å². The lowest BCUT2D eigenvalue weighted by molar-refractivity contribution is 0.716. The summed E-state index contributed by atoms with van der Waals surface area (Å²) in [6.07, 6.45) is 6.29. The Hall–Kier alpha value is -1.75. The molecule has 1 atom stereocenters. The van der Waals surface area contributed by atoms with Crippen LogP contribution in [0.5, 0.6) is 0 Å². The molecule has 102 valence electrons. The molecule has 19 heavy (non-hydrogen) atoms. The highest BCUT2D eigenvalue weighted by Gasteiger charge is 2.09. The van der Waals surface area contributed by atoms with Gasteiger partial charge in [-0.05, 0) is 37.8 Å². The molecule has 2 rings (SSSR count). The number of aryl methyl sites for hydroxylation is 2. The van der Waals surface area contributed by atoms with Gasteiger partial charge in [-0.2, -0.15) is 5.10 Å². The van der Waals surface area contributed by atoms with Gasteiger partial charge in [-0.1, -0.05) is 13.8 Å².